The lowest BCUT2D eigenvalue weighted by Crippen LogP contribution is -2.67. The summed E-state index contributed by atoms with van der Waals surface area (Å²) >= 11 is 0. The summed E-state index contributed by atoms with van der Waals surface area (Å²) in [5.74, 6) is 1.39. The van der Waals surface area contributed by atoms with Gasteiger partial charge in [0.1, 0.15) is 0 Å². The van der Waals surface area contributed by atoms with Gasteiger partial charge in [-0.1, -0.05) is 20.8 Å². The zero-order valence-corrected chi connectivity index (χ0v) is 12.3. The largest absolute Gasteiger partial charge is 0.339 e. The van der Waals surface area contributed by atoms with Gasteiger partial charge in [0, 0.05) is 24.5 Å². The van der Waals surface area contributed by atoms with E-state index in [9.17, 15) is 4.79 Å². The Bertz CT molecular complexity index is 314. The third-order valence-corrected chi connectivity index (χ3v) is 4.72. The second-order valence-electron chi connectivity index (χ2n) is 7.76. The highest BCUT2D eigenvalue weighted by atomic mass is 16.2. The Balaban J connectivity index is 1.82. The van der Waals surface area contributed by atoms with E-state index in [-0.39, 0.29) is 11.5 Å². The maximum atomic E-state index is 12.3. The van der Waals surface area contributed by atoms with Gasteiger partial charge in [-0.05, 0) is 43.9 Å². The summed E-state index contributed by atoms with van der Waals surface area (Å²) in [5, 5.41) is 0. The molecule has 1 heterocycles. The van der Waals surface area contributed by atoms with Crippen LogP contribution in [0.5, 0.6) is 0 Å². The van der Waals surface area contributed by atoms with Crippen molar-refractivity contribution >= 4 is 5.91 Å². The Kier molecular flexibility index (Phi) is 3.48. The van der Waals surface area contributed by atoms with Gasteiger partial charge < -0.3 is 10.6 Å². The van der Waals surface area contributed by atoms with Crippen LogP contribution in [0, 0.1) is 17.3 Å². The molecule has 3 nitrogen and oxygen atoms in total. The van der Waals surface area contributed by atoms with Crippen molar-refractivity contribution in [3.05, 3.63) is 0 Å². The van der Waals surface area contributed by atoms with Crippen LogP contribution in [0.4, 0.5) is 0 Å². The molecule has 3 heteroatoms. The number of amides is 1. The number of rotatable bonds is 1. The van der Waals surface area contributed by atoms with Gasteiger partial charge in [0.05, 0.1) is 0 Å². The predicted octanol–water partition coefficient (Wildman–Crippen LogP) is 2.40. The van der Waals surface area contributed by atoms with E-state index in [4.69, 9.17) is 5.73 Å². The first-order valence-electron chi connectivity index (χ1n) is 7.27. The number of carbonyl (C=O) groups excluding carboxylic acids is 1. The number of nitrogens with two attached hydrogens (primary N) is 1. The van der Waals surface area contributed by atoms with Gasteiger partial charge in [0.2, 0.25) is 5.91 Å². The number of hydrogen-bond donors (Lipinski definition) is 1. The van der Waals surface area contributed by atoms with E-state index in [0.717, 1.165) is 31.8 Å². The minimum absolute atomic E-state index is 0.141. The third-order valence-electron chi connectivity index (χ3n) is 4.72. The molecule has 18 heavy (non-hydrogen) atoms. The molecule has 1 aliphatic carbocycles. The van der Waals surface area contributed by atoms with Crippen LogP contribution in [0.1, 0.15) is 53.4 Å². The first-order valence-corrected chi connectivity index (χ1v) is 7.27. The zero-order chi connectivity index (χ0) is 13.6. The molecule has 1 saturated heterocycles. The molecule has 0 aromatic carbocycles. The summed E-state index contributed by atoms with van der Waals surface area (Å²) in [5.41, 5.74) is 6.21. The summed E-state index contributed by atoms with van der Waals surface area (Å²) in [6.07, 6.45) is 4.54. The molecule has 2 rings (SSSR count). The maximum absolute atomic E-state index is 12.3. The van der Waals surface area contributed by atoms with E-state index in [1.165, 1.54) is 12.8 Å². The molecule has 1 amide bonds. The minimum Gasteiger partial charge on any atom is -0.339 e. The van der Waals surface area contributed by atoms with E-state index in [1.54, 1.807) is 0 Å². The topological polar surface area (TPSA) is 46.3 Å². The quantitative estimate of drug-likeness (QED) is 0.779. The molecule has 0 aromatic heterocycles. The third kappa shape index (κ3) is 2.87. The Morgan fingerprint density at radius 2 is 1.67 bits per heavy atom. The molecular weight excluding hydrogens is 224 g/mol. The van der Waals surface area contributed by atoms with Crippen molar-refractivity contribution in [3.63, 3.8) is 0 Å². The van der Waals surface area contributed by atoms with Crippen LogP contribution in [0.3, 0.4) is 0 Å². The average molecular weight is 252 g/mol. The van der Waals surface area contributed by atoms with E-state index < -0.39 is 0 Å². The van der Waals surface area contributed by atoms with Crippen molar-refractivity contribution in [2.75, 3.05) is 13.1 Å². The Morgan fingerprint density at radius 1 is 1.17 bits per heavy atom. The fraction of sp³-hybridized carbons (Fsp3) is 0.933. The van der Waals surface area contributed by atoms with E-state index in [2.05, 4.69) is 20.8 Å². The van der Waals surface area contributed by atoms with Gasteiger partial charge in [-0.15, -0.1) is 0 Å². The van der Waals surface area contributed by atoms with E-state index in [0.29, 0.717) is 11.3 Å². The molecule has 2 fully saturated rings. The van der Waals surface area contributed by atoms with Gasteiger partial charge in [0.15, 0.2) is 0 Å². The molecular formula is C15H28N2O. The molecule has 0 unspecified atom stereocenters. The van der Waals surface area contributed by atoms with Crippen LogP contribution in [-0.4, -0.2) is 29.4 Å². The first kappa shape index (κ1) is 13.9. The lowest BCUT2D eigenvalue weighted by atomic mass is 9.69. The van der Waals surface area contributed by atoms with Gasteiger partial charge in [-0.25, -0.2) is 0 Å². The molecule has 0 spiro atoms. The van der Waals surface area contributed by atoms with Crippen molar-refractivity contribution in [2.45, 2.75) is 58.9 Å². The van der Waals surface area contributed by atoms with Gasteiger partial charge >= 0.3 is 0 Å². The summed E-state index contributed by atoms with van der Waals surface area (Å²) in [7, 11) is 0. The van der Waals surface area contributed by atoms with Crippen LogP contribution in [0.2, 0.25) is 0 Å². The molecule has 0 radical (unpaired) electrons. The van der Waals surface area contributed by atoms with Gasteiger partial charge in [0.25, 0.3) is 0 Å². The lowest BCUT2D eigenvalue weighted by Gasteiger charge is -2.47. The van der Waals surface area contributed by atoms with Crippen LogP contribution in [0.15, 0.2) is 0 Å². The second kappa shape index (κ2) is 4.52. The average Bonchev–Trinajstić information content (AvgIpc) is 2.24. The molecule has 1 aliphatic heterocycles. The summed E-state index contributed by atoms with van der Waals surface area (Å²) in [6.45, 7) is 10.4. The number of carbonyl (C=O) groups is 1. The Labute approximate surface area is 111 Å². The number of nitrogens with zero attached hydrogens (tertiary/aromatic N) is 1. The van der Waals surface area contributed by atoms with Crippen molar-refractivity contribution < 1.29 is 4.79 Å². The summed E-state index contributed by atoms with van der Waals surface area (Å²) in [6, 6.07) is 0. The Morgan fingerprint density at radius 3 is 2.06 bits per heavy atom. The van der Waals surface area contributed by atoms with Crippen LogP contribution >= 0.6 is 0 Å². The lowest BCUT2D eigenvalue weighted by molar-refractivity contribution is -0.144. The SMILES string of the molecule is CC1(N)CN(C(=O)C2CCC(C(C)(C)C)CC2)C1. The summed E-state index contributed by atoms with van der Waals surface area (Å²) < 4.78 is 0. The Hall–Kier alpha value is -0.570. The highest BCUT2D eigenvalue weighted by Gasteiger charge is 2.41. The molecule has 2 N–H and O–H groups in total. The molecule has 104 valence electrons. The fourth-order valence-electron chi connectivity index (χ4n) is 3.45. The van der Waals surface area contributed by atoms with Crippen LogP contribution in [-0.2, 0) is 4.79 Å². The zero-order valence-electron chi connectivity index (χ0n) is 12.3. The summed E-state index contributed by atoms with van der Waals surface area (Å²) in [4.78, 5) is 14.2. The molecule has 0 atom stereocenters. The van der Waals surface area contributed by atoms with Crippen molar-refractivity contribution in [3.8, 4) is 0 Å². The molecule has 2 aliphatic rings. The van der Waals surface area contributed by atoms with Gasteiger partial charge in [-0.3, -0.25) is 4.79 Å². The van der Waals surface area contributed by atoms with Crippen molar-refractivity contribution in [2.24, 2.45) is 23.0 Å². The molecule has 1 saturated carbocycles. The minimum atomic E-state index is -0.141. The van der Waals surface area contributed by atoms with E-state index >= 15 is 0 Å². The fourth-order valence-corrected chi connectivity index (χ4v) is 3.45. The molecule has 0 bridgehead atoms. The standard InChI is InChI=1S/C15H28N2O/c1-14(2,3)12-7-5-11(6-8-12)13(18)17-9-15(4,16)10-17/h11-12H,5-10,16H2,1-4H3. The highest BCUT2D eigenvalue weighted by molar-refractivity contribution is 5.80. The highest BCUT2D eigenvalue weighted by Crippen LogP contribution is 2.40. The van der Waals surface area contributed by atoms with Gasteiger partial charge in [-0.2, -0.15) is 0 Å². The monoisotopic (exact) mass is 252 g/mol. The smallest absolute Gasteiger partial charge is 0.225 e. The second-order valence-corrected chi connectivity index (χ2v) is 7.76. The normalized spacial score (nSPS) is 31.9. The van der Waals surface area contributed by atoms with E-state index in [1.807, 2.05) is 11.8 Å². The number of likely N-dealkylation sites (tertiary alicyclic amines) is 1. The van der Waals surface area contributed by atoms with Crippen LogP contribution < -0.4 is 5.73 Å². The first-order chi connectivity index (χ1) is 8.19. The molecule has 0 aromatic rings. The predicted molar refractivity (Wildman–Crippen MR) is 74.1 cm³/mol. The maximum Gasteiger partial charge on any atom is 0.225 e. The van der Waals surface area contributed by atoms with Crippen LogP contribution in [0.25, 0.3) is 0 Å². The van der Waals surface area contributed by atoms with Crippen molar-refractivity contribution in [1.82, 2.24) is 4.90 Å². The number of hydrogen-bond acceptors (Lipinski definition) is 2. The van der Waals surface area contributed by atoms with Crippen molar-refractivity contribution in [1.29, 1.82) is 0 Å².